The molecule has 0 aliphatic heterocycles. The predicted octanol–water partition coefficient (Wildman–Crippen LogP) is 0.654. The van der Waals surface area contributed by atoms with Gasteiger partial charge in [0.25, 0.3) is 0 Å². The van der Waals surface area contributed by atoms with Crippen molar-refractivity contribution in [2.75, 3.05) is 33.4 Å². The van der Waals surface area contributed by atoms with Crippen LogP contribution in [0.25, 0.3) is 0 Å². The van der Waals surface area contributed by atoms with Crippen LogP contribution in [0.1, 0.15) is 12.5 Å². The number of nitrogens with two attached hydrogens (primary N) is 1. The number of ether oxygens (including phenoxy) is 1. The van der Waals surface area contributed by atoms with Crippen LogP contribution in [0.4, 0.5) is 0 Å². The van der Waals surface area contributed by atoms with E-state index in [1.54, 1.807) is 38.3 Å². The fourth-order valence-corrected chi connectivity index (χ4v) is 3.16. The minimum atomic E-state index is -3.52. The molecule has 0 aliphatic carbocycles. The molecule has 0 atom stereocenters. The van der Waals surface area contributed by atoms with Gasteiger partial charge < -0.3 is 10.5 Å². The molecule has 0 bridgehead atoms. The van der Waals surface area contributed by atoms with E-state index in [1.807, 2.05) is 0 Å². The van der Waals surface area contributed by atoms with Crippen molar-refractivity contribution in [3.8, 4) is 11.8 Å². The molecule has 5 nitrogen and oxygen atoms in total. The van der Waals surface area contributed by atoms with E-state index in [0.29, 0.717) is 25.3 Å². The van der Waals surface area contributed by atoms with Crippen LogP contribution in [0.5, 0.6) is 0 Å². The van der Waals surface area contributed by atoms with Crippen molar-refractivity contribution in [1.82, 2.24) is 4.31 Å². The zero-order valence-electron chi connectivity index (χ0n) is 11.8. The highest BCUT2D eigenvalue weighted by Crippen LogP contribution is 2.16. The topological polar surface area (TPSA) is 72.6 Å². The number of sulfonamides is 1. The van der Waals surface area contributed by atoms with Gasteiger partial charge in [0.05, 0.1) is 18.0 Å². The summed E-state index contributed by atoms with van der Waals surface area (Å²) in [7, 11) is -1.97. The van der Waals surface area contributed by atoms with Crippen molar-refractivity contribution in [3.63, 3.8) is 0 Å². The Morgan fingerprint density at radius 3 is 2.75 bits per heavy atom. The Hall–Kier alpha value is -1.39. The van der Waals surface area contributed by atoms with Crippen molar-refractivity contribution < 1.29 is 13.2 Å². The van der Waals surface area contributed by atoms with Gasteiger partial charge in [-0.05, 0) is 18.2 Å². The lowest BCUT2D eigenvalue weighted by atomic mass is 10.2. The van der Waals surface area contributed by atoms with E-state index in [1.165, 1.54) is 4.31 Å². The quantitative estimate of drug-likeness (QED) is 0.783. The van der Waals surface area contributed by atoms with Crippen LogP contribution in [-0.2, 0) is 14.8 Å². The lowest BCUT2D eigenvalue weighted by Crippen LogP contribution is -2.33. The summed E-state index contributed by atoms with van der Waals surface area (Å²) in [4.78, 5) is 0.235. The monoisotopic (exact) mass is 296 g/mol. The Balaban J connectivity index is 3.07. The lowest BCUT2D eigenvalue weighted by Gasteiger charge is -2.20. The van der Waals surface area contributed by atoms with Crippen LogP contribution in [0.2, 0.25) is 0 Å². The third-order valence-electron chi connectivity index (χ3n) is 2.70. The SMILES string of the molecule is CCN(CCOC)S(=O)(=O)c1cccc(C#CCN)c1. The summed E-state index contributed by atoms with van der Waals surface area (Å²) in [6, 6.07) is 6.57. The molecule has 110 valence electrons. The standard InChI is InChI=1S/C14H20N2O3S/c1-3-16(10-11-19-2)20(17,18)14-8-4-6-13(12-14)7-5-9-15/h4,6,8,12H,3,9-11,15H2,1-2H3. The Morgan fingerprint density at radius 2 is 2.15 bits per heavy atom. The maximum Gasteiger partial charge on any atom is 0.243 e. The van der Waals surface area contributed by atoms with Gasteiger partial charge in [-0.1, -0.05) is 24.8 Å². The Labute approximate surface area is 120 Å². The Kier molecular flexibility index (Phi) is 6.68. The number of likely N-dealkylation sites (N-methyl/N-ethyl adjacent to an activating group) is 1. The van der Waals surface area contributed by atoms with Crippen molar-refractivity contribution >= 4 is 10.0 Å². The van der Waals surface area contributed by atoms with E-state index in [4.69, 9.17) is 10.5 Å². The summed E-state index contributed by atoms with van der Waals surface area (Å²) < 4.78 is 31.3. The summed E-state index contributed by atoms with van der Waals surface area (Å²) >= 11 is 0. The molecule has 1 rings (SSSR count). The van der Waals surface area contributed by atoms with Gasteiger partial charge in [0, 0.05) is 25.8 Å². The molecule has 0 fully saturated rings. The largest absolute Gasteiger partial charge is 0.383 e. The molecular weight excluding hydrogens is 276 g/mol. The van der Waals surface area contributed by atoms with Gasteiger partial charge in [-0.3, -0.25) is 0 Å². The first-order chi connectivity index (χ1) is 9.56. The maximum atomic E-state index is 12.5. The maximum absolute atomic E-state index is 12.5. The Bertz CT molecular complexity index is 588. The molecule has 1 aromatic carbocycles. The summed E-state index contributed by atoms with van der Waals surface area (Å²) in [6.45, 7) is 3.12. The molecule has 0 amide bonds. The zero-order valence-corrected chi connectivity index (χ0v) is 12.6. The second kappa shape index (κ2) is 8.02. The first-order valence-corrected chi connectivity index (χ1v) is 7.78. The van der Waals surface area contributed by atoms with E-state index < -0.39 is 10.0 Å². The van der Waals surface area contributed by atoms with Crippen LogP contribution in [0.15, 0.2) is 29.2 Å². The van der Waals surface area contributed by atoms with Gasteiger partial charge in [0.1, 0.15) is 0 Å². The molecular formula is C14H20N2O3S. The molecule has 0 aliphatic rings. The van der Waals surface area contributed by atoms with Gasteiger partial charge in [-0.25, -0.2) is 8.42 Å². The van der Waals surface area contributed by atoms with E-state index in [-0.39, 0.29) is 11.4 Å². The highest BCUT2D eigenvalue weighted by Gasteiger charge is 2.22. The average molecular weight is 296 g/mol. The third kappa shape index (κ3) is 4.32. The molecule has 1 aromatic rings. The molecule has 0 spiro atoms. The molecule has 0 heterocycles. The van der Waals surface area contributed by atoms with Crippen LogP contribution in [-0.4, -0.2) is 46.1 Å². The number of hydrogen-bond acceptors (Lipinski definition) is 4. The smallest absolute Gasteiger partial charge is 0.243 e. The molecule has 0 radical (unpaired) electrons. The van der Waals surface area contributed by atoms with E-state index >= 15 is 0 Å². The zero-order chi connectivity index (χ0) is 15.0. The summed E-state index contributed by atoms with van der Waals surface area (Å²) in [5.41, 5.74) is 5.95. The summed E-state index contributed by atoms with van der Waals surface area (Å²) in [5.74, 6) is 5.54. The highest BCUT2D eigenvalue weighted by molar-refractivity contribution is 7.89. The second-order valence-electron chi connectivity index (χ2n) is 4.02. The van der Waals surface area contributed by atoms with E-state index in [0.717, 1.165) is 0 Å². The summed E-state index contributed by atoms with van der Waals surface area (Å²) in [6.07, 6.45) is 0. The predicted molar refractivity (Wildman–Crippen MR) is 78.7 cm³/mol. The van der Waals surface area contributed by atoms with Crippen molar-refractivity contribution in [2.45, 2.75) is 11.8 Å². The van der Waals surface area contributed by atoms with Crippen LogP contribution >= 0.6 is 0 Å². The van der Waals surface area contributed by atoms with Gasteiger partial charge >= 0.3 is 0 Å². The van der Waals surface area contributed by atoms with Crippen molar-refractivity contribution in [1.29, 1.82) is 0 Å². The lowest BCUT2D eigenvalue weighted by molar-refractivity contribution is 0.180. The van der Waals surface area contributed by atoms with Gasteiger partial charge in [-0.2, -0.15) is 4.31 Å². The number of nitrogens with zero attached hydrogens (tertiary/aromatic N) is 1. The molecule has 0 saturated carbocycles. The molecule has 0 aromatic heterocycles. The molecule has 2 N–H and O–H groups in total. The van der Waals surface area contributed by atoms with Crippen LogP contribution < -0.4 is 5.73 Å². The number of benzene rings is 1. The average Bonchev–Trinajstić information content (AvgIpc) is 2.46. The molecule has 0 unspecified atom stereocenters. The minimum Gasteiger partial charge on any atom is -0.383 e. The fraction of sp³-hybridized carbons (Fsp3) is 0.429. The summed E-state index contributed by atoms with van der Waals surface area (Å²) in [5, 5.41) is 0. The van der Waals surface area contributed by atoms with E-state index in [9.17, 15) is 8.42 Å². The van der Waals surface area contributed by atoms with Crippen molar-refractivity contribution in [3.05, 3.63) is 29.8 Å². The number of methoxy groups -OCH3 is 1. The van der Waals surface area contributed by atoms with Crippen LogP contribution in [0, 0.1) is 11.8 Å². The number of rotatable bonds is 6. The van der Waals surface area contributed by atoms with Gasteiger partial charge in [0.15, 0.2) is 0 Å². The molecule has 6 heteroatoms. The van der Waals surface area contributed by atoms with Crippen LogP contribution in [0.3, 0.4) is 0 Å². The van der Waals surface area contributed by atoms with Crippen molar-refractivity contribution in [2.24, 2.45) is 5.73 Å². The molecule has 20 heavy (non-hydrogen) atoms. The van der Waals surface area contributed by atoms with Gasteiger partial charge in [-0.15, -0.1) is 0 Å². The van der Waals surface area contributed by atoms with Gasteiger partial charge in [0.2, 0.25) is 10.0 Å². The normalized spacial score (nSPS) is 11.2. The third-order valence-corrected chi connectivity index (χ3v) is 4.67. The molecule has 0 saturated heterocycles. The highest BCUT2D eigenvalue weighted by atomic mass is 32.2. The van der Waals surface area contributed by atoms with E-state index in [2.05, 4.69) is 11.8 Å². The first kappa shape index (κ1) is 16.7. The fourth-order valence-electron chi connectivity index (χ4n) is 1.68. The first-order valence-electron chi connectivity index (χ1n) is 6.34. The number of hydrogen-bond donors (Lipinski definition) is 1. The minimum absolute atomic E-state index is 0.235. The Morgan fingerprint density at radius 1 is 1.40 bits per heavy atom. The second-order valence-corrected chi connectivity index (χ2v) is 5.96.